The quantitative estimate of drug-likeness (QED) is 0.356. The molecule has 1 unspecified atom stereocenters. The van der Waals surface area contributed by atoms with Gasteiger partial charge in [0.05, 0.1) is 11.8 Å². The smallest absolute Gasteiger partial charge is 0.335 e. The van der Waals surface area contributed by atoms with Crippen LogP contribution < -0.4 is 4.74 Å². The normalized spacial score (nSPS) is 12.1. The molecule has 0 saturated carbocycles. The number of nitrogens with zero attached hydrogens (tertiary/aromatic N) is 1. The molecule has 2 aromatic rings. The topological polar surface area (TPSA) is 58.9 Å². The molecule has 0 aliphatic rings. The predicted octanol–water partition coefficient (Wildman–Crippen LogP) is 4.36. The van der Waals surface area contributed by atoms with E-state index < -0.39 is 12.1 Å². The highest BCUT2D eigenvalue weighted by atomic mass is 16.5. The molecule has 0 radical (unpaired) electrons. The van der Waals surface area contributed by atoms with Crippen LogP contribution in [0.25, 0.3) is 0 Å². The van der Waals surface area contributed by atoms with Gasteiger partial charge in [-0.25, -0.2) is 4.79 Å². The molecule has 0 spiro atoms. The fourth-order valence-corrected chi connectivity index (χ4v) is 2.15. The number of carbonyl (C=O) groups excluding carboxylic acids is 1. The Morgan fingerprint density at radius 2 is 1.88 bits per heavy atom. The maximum Gasteiger partial charge on any atom is 0.335 e. The van der Waals surface area contributed by atoms with E-state index in [2.05, 4.69) is 11.6 Å². The first kappa shape index (κ1) is 17.6. The fraction of sp³-hybridized carbons (Fsp3) is 0.200. The van der Waals surface area contributed by atoms with Gasteiger partial charge < -0.3 is 9.84 Å². The van der Waals surface area contributed by atoms with Crippen LogP contribution in [0.4, 0.5) is 5.69 Å². The third-order valence-electron chi connectivity index (χ3n) is 3.47. The Hall–Kier alpha value is -2.72. The van der Waals surface area contributed by atoms with Crippen molar-refractivity contribution in [2.45, 2.75) is 25.9 Å². The maximum absolute atomic E-state index is 11.1. The molecule has 0 aliphatic carbocycles. The van der Waals surface area contributed by atoms with Crippen molar-refractivity contribution in [1.82, 2.24) is 0 Å². The van der Waals surface area contributed by atoms with Crippen molar-refractivity contribution in [3.63, 3.8) is 0 Å². The van der Waals surface area contributed by atoms with E-state index in [-0.39, 0.29) is 0 Å². The van der Waals surface area contributed by atoms with Gasteiger partial charge in [0.15, 0.2) is 0 Å². The van der Waals surface area contributed by atoms with E-state index in [1.165, 1.54) is 0 Å². The Kier molecular flexibility index (Phi) is 6.46. The second kappa shape index (κ2) is 8.79. The molecule has 0 bridgehead atoms. The molecular formula is C20H21NO3. The van der Waals surface area contributed by atoms with Crippen LogP contribution >= 0.6 is 0 Å². The Bertz CT molecular complexity index is 703. The summed E-state index contributed by atoms with van der Waals surface area (Å²) in [5.74, 6) is -0.0203. The number of rotatable bonds is 7. The van der Waals surface area contributed by atoms with E-state index in [0.717, 1.165) is 35.7 Å². The van der Waals surface area contributed by atoms with Crippen molar-refractivity contribution in [3.05, 3.63) is 72.3 Å². The monoisotopic (exact) mass is 323 g/mol. The molecule has 4 nitrogen and oxygen atoms in total. The van der Waals surface area contributed by atoms with Crippen molar-refractivity contribution in [2.24, 2.45) is 4.99 Å². The zero-order valence-electron chi connectivity index (χ0n) is 13.7. The van der Waals surface area contributed by atoms with Crippen LogP contribution in [0, 0.1) is 0 Å². The minimum Gasteiger partial charge on any atom is -0.423 e. The summed E-state index contributed by atoms with van der Waals surface area (Å²) in [6, 6.07) is 14.6. The lowest BCUT2D eigenvalue weighted by molar-refractivity contribution is -0.128. The summed E-state index contributed by atoms with van der Waals surface area (Å²) in [6.45, 7) is 5.40. The van der Waals surface area contributed by atoms with E-state index >= 15 is 0 Å². The number of benzene rings is 2. The van der Waals surface area contributed by atoms with Gasteiger partial charge in [-0.15, -0.1) is 0 Å². The van der Waals surface area contributed by atoms with Gasteiger partial charge in [0.1, 0.15) is 5.75 Å². The second-order valence-electron chi connectivity index (χ2n) is 5.35. The van der Waals surface area contributed by atoms with Gasteiger partial charge >= 0.3 is 5.97 Å². The van der Waals surface area contributed by atoms with Gasteiger partial charge in [-0.2, -0.15) is 0 Å². The molecule has 24 heavy (non-hydrogen) atoms. The van der Waals surface area contributed by atoms with Crippen LogP contribution in [0.5, 0.6) is 5.75 Å². The highest BCUT2D eigenvalue weighted by molar-refractivity contribution is 5.84. The summed E-state index contributed by atoms with van der Waals surface area (Å²) in [5.41, 5.74) is 2.61. The number of aliphatic hydroxyl groups excluding tert-OH is 1. The first-order valence-electron chi connectivity index (χ1n) is 7.88. The van der Waals surface area contributed by atoms with Gasteiger partial charge in [-0.05, 0) is 53.9 Å². The zero-order chi connectivity index (χ0) is 17.4. The summed E-state index contributed by atoms with van der Waals surface area (Å²) in [7, 11) is 0. The van der Waals surface area contributed by atoms with Crippen LogP contribution in [-0.2, 0) is 4.79 Å². The van der Waals surface area contributed by atoms with Crippen molar-refractivity contribution < 1.29 is 14.6 Å². The lowest BCUT2D eigenvalue weighted by Gasteiger charge is -2.09. The van der Waals surface area contributed by atoms with Crippen LogP contribution in [0.15, 0.2) is 66.2 Å². The van der Waals surface area contributed by atoms with Gasteiger partial charge in [0.25, 0.3) is 0 Å². The lowest BCUT2D eigenvalue weighted by Crippen LogP contribution is -2.02. The van der Waals surface area contributed by atoms with Crippen molar-refractivity contribution in [2.75, 3.05) is 0 Å². The molecule has 0 fully saturated rings. The van der Waals surface area contributed by atoms with E-state index in [1.807, 2.05) is 43.3 Å². The minimum absolute atomic E-state index is 0.418. The summed E-state index contributed by atoms with van der Waals surface area (Å²) in [5, 5.41) is 9.95. The van der Waals surface area contributed by atoms with Crippen molar-refractivity contribution in [1.29, 1.82) is 0 Å². The first-order chi connectivity index (χ1) is 11.6. The van der Waals surface area contributed by atoms with Gasteiger partial charge in [0.2, 0.25) is 0 Å². The molecule has 2 rings (SSSR count). The fourth-order valence-electron chi connectivity index (χ4n) is 2.15. The molecule has 4 heteroatoms. The average Bonchev–Trinajstić information content (AvgIpc) is 2.61. The molecule has 0 heterocycles. The SMILES string of the molecule is C=CC(=O)Oc1ccc(C=Nc2ccc(C(O)CCC)cc2)cc1. The molecule has 0 saturated heterocycles. The van der Waals surface area contributed by atoms with E-state index in [0.29, 0.717) is 5.75 Å². The Morgan fingerprint density at radius 3 is 2.46 bits per heavy atom. The Labute approximate surface area is 142 Å². The van der Waals surface area contributed by atoms with E-state index in [1.54, 1.807) is 18.3 Å². The number of ether oxygens (including phenoxy) is 1. The summed E-state index contributed by atoms with van der Waals surface area (Å²) in [6.07, 6.45) is 4.14. The number of carbonyl (C=O) groups is 1. The summed E-state index contributed by atoms with van der Waals surface area (Å²) < 4.78 is 5.01. The largest absolute Gasteiger partial charge is 0.423 e. The third kappa shape index (κ3) is 5.18. The molecule has 2 aromatic carbocycles. The predicted molar refractivity (Wildman–Crippen MR) is 95.8 cm³/mol. The number of hydrogen-bond donors (Lipinski definition) is 1. The molecule has 0 aliphatic heterocycles. The van der Waals surface area contributed by atoms with Gasteiger partial charge in [0, 0.05) is 12.3 Å². The van der Waals surface area contributed by atoms with Crippen LogP contribution in [0.1, 0.15) is 37.0 Å². The number of aliphatic hydroxyl groups is 1. The van der Waals surface area contributed by atoms with Crippen molar-refractivity contribution in [3.8, 4) is 5.75 Å². The summed E-state index contributed by atoms with van der Waals surface area (Å²) >= 11 is 0. The molecule has 0 aromatic heterocycles. The van der Waals surface area contributed by atoms with Gasteiger partial charge in [-0.3, -0.25) is 4.99 Å². The molecule has 0 amide bonds. The first-order valence-corrected chi connectivity index (χ1v) is 7.88. The van der Waals surface area contributed by atoms with E-state index in [9.17, 15) is 9.90 Å². The molecule has 124 valence electrons. The van der Waals surface area contributed by atoms with Crippen molar-refractivity contribution >= 4 is 17.9 Å². The minimum atomic E-state index is -0.484. The molecular weight excluding hydrogens is 302 g/mol. The number of hydrogen-bond acceptors (Lipinski definition) is 4. The zero-order valence-corrected chi connectivity index (χ0v) is 13.7. The molecule has 1 N–H and O–H groups in total. The standard InChI is InChI=1S/C20H21NO3/c1-3-5-19(22)16-8-10-17(11-9-16)21-14-15-6-12-18(13-7-15)24-20(23)4-2/h4,6-14,19,22H,2-3,5H2,1H3. The number of esters is 1. The Balaban J connectivity index is 2.00. The highest BCUT2D eigenvalue weighted by Gasteiger charge is 2.05. The highest BCUT2D eigenvalue weighted by Crippen LogP contribution is 2.21. The maximum atomic E-state index is 11.1. The average molecular weight is 323 g/mol. The third-order valence-corrected chi connectivity index (χ3v) is 3.47. The van der Waals surface area contributed by atoms with Crippen LogP contribution in [0.2, 0.25) is 0 Å². The lowest BCUT2D eigenvalue weighted by atomic mass is 10.1. The molecule has 1 atom stereocenters. The number of aliphatic imine (C=N–C) groups is 1. The van der Waals surface area contributed by atoms with Crippen LogP contribution in [0.3, 0.4) is 0 Å². The Morgan fingerprint density at radius 1 is 1.21 bits per heavy atom. The van der Waals surface area contributed by atoms with E-state index in [4.69, 9.17) is 4.74 Å². The summed E-state index contributed by atoms with van der Waals surface area (Å²) in [4.78, 5) is 15.5. The second-order valence-corrected chi connectivity index (χ2v) is 5.35. The van der Waals surface area contributed by atoms with Gasteiger partial charge in [-0.1, -0.05) is 32.1 Å². The van der Waals surface area contributed by atoms with Crippen LogP contribution in [-0.4, -0.2) is 17.3 Å².